The van der Waals surface area contributed by atoms with Crippen LogP contribution in [0.4, 0.5) is 0 Å². The lowest BCUT2D eigenvalue weighted by atomic mass is 10.1. The lowest BCUT2D eigenvalue weighted by molar-refractivity contribution is -0.119. The fraction of sp³-hybridized carbons (Fsp3) is 0.192. The molecule has 0 fully saturated rings. The van der Waals surface area contributed by atoms with Gasteiger partial charge in [-0.1, -0.05) is 71.9 Å². The van der Waals surface area contributed by atoms with E-state index in [1.54, 1.807) is 7.11 Å². The Bertz CT molecular complexity index is 1220. The third-order valence-electron chi connectivity index (χ3n) is 5.28. The number of benzene rings is 3. The van der Waals surface area contributed by atoms with Gasteiger partial charge in [0.25, 0.3) is 0 Å². The van der Waals surface area contributed by atoms with Crippen LogP contribution in [0.2, 0.25) is 0 Å². The van der Waals surface area contributed by atoms with Crippen LogP contribution in [0, 0.1) is 6.92 Å². The topological polar surface area (TPSA) is 69.0 Å². The molecule has 1 N–H and O–H groups in total. The van der Waals surface area contributed by atoms with E-state index in [1.807, 2.05) is 97.3 Å². The maximum Gasteiger partial charge on any atom is 0.230 e. The summed E-state index contributed by atoms with van der Waals surface area (Å²) in [5.74, 6) is 1.54. The van der Waals surface area contributed by atoms with E-state index in [-0.39, 0.29) is 17.7 Å². The van der Waals surface area contributed by atoms with Crippen molar-refractivity contribution in [2.24, 2.45) is 0 Å². The molecule has 0 aliphatic carbocycles. The SMILES string of the molecule is COc1ccccc1-c1nnc(SCC(=O)NC(C)c2ccccc2)n1-c1ccc(C)cc1. The molecule has 0 aliphatic heterocycles. The predicted molar refractivity (Wildman–Crippen MR) is 132 cm³/mol. The second-order valence-corrected chi connectivity index (χ2v) is 8.61. The minimum absolute atomic E-state index is 0.0614. The van der Waals surface area contributed by atoms with Gasteiger partial charge in [-0.15, -0.1) is 10.2 Å². The highest BCUT2D eigenvalue weighted by molar-refractivity contribution is 7.99. The van der Waals surface area contributed by atoms with Crippen molar-refractivity contribution in [2.45, 2.75) is 25.0 Å². The number of methoxy groups -OCH3 is 1. The number of amides is 1. The summed E-state index contributed by atoms with van der Waals surface area (Å²) < 4.78 is 7.52. The van der Waals surface area contributed by atoms with Gasteiger partial charge in [-0.2, -0.15) is 0 Å². The first-order valence-corrected chi connectivity index (χ1v) is 11.7. The number of hydrogen-bond donors (Lipinski definition) is 1. The molecule has 7 heteroatoms. The number of carbonyl (C=O) groups is 1. The van der Waals surface area contributed by atoms with Crippen LogP contribution in [-0.2, 0) is 4.79 Å². The molecule has 3 aromatic carbocycles. The number of carbonyl (C=O) groups excluding carboxylic acids is 1. The summed E-state index contributed by atoms with van der Waals surface area (Å²) in [7, 11) is 1.64. The molecule has 1 atom stereocenters. The predicted octanol–water partition coefficient (Wildman–Crippen LogP) is 5.22. The highest BCUT2D eigenvalue weighted by Crippen LogP contribution is 2.33. The molecule has 0 aliphatic rings. The van der Waals surface area contributed by atoms with E-state index >= 15 is 0 Å². The van der Waals surface area contributed by atoms with Crippen molar-refractivity contribution in [3.8, 4) is 22.8 Å². The molecule has 1 unspecified atom stereocenters. The van der Waals surface area contributed by atoms with Crippen LogP contribution in [0.15, 0.2) is 84.0 Å². The fourth-order valence-corrected chi connectivity index (χ4v) is 4.30. The minimum atomic E-state index is -0.0709. The number of nitrogens with zero attached hydrogens (tertiary/aromatic N) is 3. The summed E-state index contributed by atoms with van der Waals surface area (Å²) in [6, 6.07) is 25.7. The lowest BCUT2D eigenvalue weighted by Gasteiger charge is -2.15. The van der Waals surface area contributed by atoms with Crippen LogP contribution < -0.4 is 10.1 Å². The average molecular weight is 459 g/mol. The van der Waals surface area contributed by atoms with Gasteiger partial charge in [0.15, 0.2) is 11.0 Å². The quantitative estimate of drug-likeness (QED) is 0.367. The molecule has 4 aromatic rings. The third-order valence-corrected chi connectivity index (χ3v) is 6.21. The Labute approximate surface area is 198 Å². The molecule has 33 heavy (non-hydrogen) atoms. The number of ether oxygens (including phenoxy) is 1. The van der Waals surface area contributed by atoms with Gasteiger partial charge in [0.2, 0.25) is 5.91 Å². The van der Waals surface area contributed by atoms with Crippen molar-refractivity contribution in [2.75, 3.05) is 12.9 Å². The molecule has 0 bridgehead atoms. The standard InChI is InChI=1S/C26H26N4O2S/c1-18-13-15-21(16-14-18)30-25(22-11-7-8-12-23(22)32-3)28-29-26(30)33-17-24(31)27-19(2)20-9-5-4-6-10-20/h4-16,19H,17H2,1-3H3,(H,27,31). The lowest BCUT2D eigenvalue weighted by Crippen LogP contribution is -2.28. The second kappa shape index (κ2) is 10.4. The monoisotopic (exact) mass is 458 g/mol. The van der Waals surface area contributed by atoms with Crippen LogP contribution >= 0.6 is 11.8 Å². The largest absolute Gasteiger partial charge is 0.496 e. The normalized spacial score (nSPS) is 11.7. The number of aromatic nitrogens is 3. The Morgan fingerprint density at radius 2 is 1.70 bits per heavy atom. The first-order chi connectivity index (χ1) is 16.1. The van der Waals surface area contributed by atoms with Gasteiger partial charge in [-0.05, 0) is 43.7 Å². The third kappa shape index (κ3) is 5.26. The van der Waals surface area contributed by atoms with Crippen LogP contribution in [0.3, 0.4) is 0 Å². The van der Waals surface area contributed by atoms with Crippen molar-refractivity contribution in [1.29, 1.82) is 0 Å². The molecule has 4 rings (SSSR count). The zero-order chi connectivity index (χ0) is 23.2. The summed E-state index contributed by atoms with van der Waals surface area (Å²) in [4.78, 5) is 12.7. The van der Waals surface area contributed by atoms with Crippen molar-refractivity contribution >= 4 is 17.7 Å². The highest BCUT2D eigenvalue weighted by Gasteiger charge is 2.20. The number of rotatable bonds is 8. The molecule has 1 heterocycles. The Kier molecular flexibility index (Phi) is 7.10. The van der Waals surface area contributed by atoms with E-state index in [9.17, 15) is 4.79 Å². The van der Waals surface area contributed by atoms with Crippen LogP contribution in [0.5, 0.6) is 5.75 Å². The van der Waals surface area contributed by atoms with Gasteiger partial charge >= 0.3 is 0 Å². The van der Waals surface area contributed by atoms with Gasteiger partial charge < -0.3 is 10.1 Å². The zero-order valence-electron chi connectivity index (χ0n) is 18.9. The van der Waals surface area contributed by atoms with E-state index in [0.29, 0.717) is 16.7 Å². The summed E-state index contributed by atoms with van der Waals surface area (Å²) in [6.07, 6.45) is 0. The van der Waals surface area contributed by atoms with Crippen LogP contribution in [-0.4, -0.2) is 33.5 Å². The molecular weight excluding hydrogens is 432 g/mol. The van der Waals surface area contributed by atoms with E-state index in [2.05, 4.69) is 15.5 Å². The van der Waals surface area contributed by atoms with Gasteiger partial charge in [-0.25, -0.2) is 0 Å². The van der Waals surface area contributed by atoms with E-state index in [4.69, 9.17) is 4.74 Å². The van der Waals surface area contributed by atoms with Gasteiger partial charge in [0, 0.05) is 5.69 Å². The second-order valence-electron chi connectivity index (χ2n) is 7.67. The zero-order valence-corrected chi connectivity index (χ0v) is 19.7. The van der Waals surface area contributed by atoms with Gasteiger partial charge in [0.1, 0.15) is 5.75 Å². The molecular formula is C26H26N4O2S. The molecule has 168 valence electrons. The molecule has 0 spiro atoms. The van der Waals surface area contributed by atoms with Crippen molar-refractivity contribution in [3.05, 3.63) is 90.0 Å². The molecule has 0 saturated heterocycles. The maximum absolute atomic E-state index is 12.7. The number of para-hydroxylation sites is 1. The molecule has 0 radical (unpaired) electrons. The van der Waals surface area contributed by atoms with Crippen LogP contribution in [0.1, 0.15) is 24.1 Å². The van der Waals surface area contributed by atoms with E-state index < -0.39 is 0 Å². The first-order valence-electron chi connectivity index (χ1n) is 10.7. The van der Waals surface area contributed by atoms with Crippen molar-refractivity contribution < 1.29 is 9.53 Å². The highest BCUT2D eigenvalue weighted by atomic mass is 32.2. The molecule has 0 saturated carbocycles. The van der Waals surface area contributed by atoms with Gasteiger partial charge in [-0.3, -0.25) is 9.36 Å². The van der Waals surface area contributed by atoms with E-state index in [0.717, 1.165) is 22.4 Å². The number of hydrogen-bond acceptors (Lipinski definition) is 5. The molecule has 1 aromatic heterocycles. The van der Waals surface area contributed by atoms with E-state index in [1.165, 1.54) is 11.8 Å². The number of aryl methyl sites for hydroxylation is 1. The Morgan fingerprint density at radius 1 is 1.00 bits per heavy atom. The fourth-order valence-electron chi connectivity index (χ4n) is 3.53. The van der Waals surface area contributed by atoms with Crippen LogP contribution in [0.25, 0.3) is 17.1 Å². The van der Waals surface area contributed by atoms with Crippen molar-refractivity contribution in [1.82, 2.24) is 20.1 Å². The Morgan fingerprint density at radius 3 is 2.42 bits per heavy atom. The smallest absolute Gasteiger partial charge is 0.230 e. The van der Waals surface area contributed by atoms with Crippen molar-refractivity contribution in [3.63, 3.8) is 0 Å². The minimum Gasteiger partial charge on any atom is -0.496 e. The summed E-state index contributed by atoms with van der Waals surface area (Å²) in [5.41, 5.74) is 3.99. The molecule has 6 nitrogen and oxygen atoms in total. The average Bonchev–Trinajstić information content (AvgIpc) is 3.27. The first kappa shape index (κ1) is 22.6. The number of nitrogens with one attached hydrogen (secondary N) is 1. The maximum atomic E-state index is 12.7. The van der Waals surface area contributed by atoms with Gasteiger partial charge in [0.05, 0.1) is 24.5 Å². The summed E-state index contributed by atoms with van der Waals surface area (Å²) in [6.45, 7) is 4.03. The Hall–Kier alpha value is -3.58. The summed E-state index contributed by atoms with van der Waals surface area (Å²) in [5, 5.41) is 12.6. The summed E-state index contributed by atoms with van der Waals surface area (Å²) >= 11 is 1.36. The number of thioether (sulfide) groups is 1. The molecule has 1 amide bonds. The Balaban J connectivity index is 1.60.